The summed E-state index contributed by atoms with van der Waals surface area (Å²) in [6.45, 7) is 2.82. The zero-order chi connectivity index (χ0) is 23.5. The van der Waals surface area contributed by atoms with E-state index in [-0.39, 0.29) is 9.90 Å². The molecule has 1 saturated heterocycles. The van der Waals surface area contributed by atoms with E-state index < -0.39 is 17.9 Å². The average molecular weight is 464 g/mol. The lowest BCUT2D eigenvalue weighted by atomic mass is 10.1. The summed E-state index contributed by atoms with van der Waals surface area (Å²) >= 11 is 0. The molecule has 2 fully saturated rings. The number of nitrogens with zero attached hydrogens (tertiary/aromatic N) is 5. The van der Waals surface area contributed by atoms with E-state index in [1.165, 1.54) is 12.3 Å². The Bertz CT molecular complexity index is 1270. The maximum absolute atomic E-state index is 13.7. The smallest absolute Gasteiger partial charge is 0.337 e. The van der Waals surface area contributed by atoms with Crippen molar-refractivity contribution < 1.29 is 9.18 Å². The van der Waals surface area contributed by atoms with Gasteiger partial charge in [-0.2, -0.15) is 19.5 Å². The summed E-state index contributed by atoms with van der Waals surface area (Å²) in [5.74, 6) is 0.911. The normalized spacial score (nSPS) is 24.7. The first kappa shape index (κ1) is 21.2. The molecule has 1 aliphatic heterocycles. The minimum absolute atomic E-state index is 0.0501. The van der Waals surface area contributed by atoms with Crippen LogP contribution in [0.4, 0.5) is 27.7 Å². The van der Waals surface area contributed by atoms with Gasteiger partial charge in [0.25, 0.3) is 5.91 Å². The number of hydrogen-bond acceptors (Lipinski definition) is 6. The predicted molar refractivity (Wildman–Crippen MR) is 125 cm³/mol. The summed E-state index contributed by atoms with van der Waals surface area (Å²) < 4.78 is 13.7. The number of nitrogens with two attached hydrogens (primary N) is 1. The molecule has 0 aromatic carbocycles. The lowest BCUT2D eigenvalue weighted by Crippen LogP contribution is -2.55. The molecule has 3 aromatic heterocycles. The number of H-pyrrole nitrogens is 1. The lowest BCUT2D eigenvalue weighted by molar-refractivity contribution is -0.121. The molecule has 1 saturated carbocycles. The molecule has 9 nitrogen and oxygen atoms in total. The van der Waals surface area contributed by atoms with E-state index in [2.05, 4.69) is 27.4 Å². The van der Waals surface area contributed by atoms with Crippen LogP contribution in [0.2, 0.25) is 0 Å². The number of aryl methyl sites for hydroxylation is 1. The van der Waals surface area contributed by atoms with Gasteiger partial charge in [0.05, 0.1) is 18.4 Å². The van der Waals surface area contributed by atoms with Crippen LogP contribution in [0.25, 0.3) is 0 Å². The molecule has 3 aromatic rings. The van der Waals surface area contributed by atoms with Crippen molar-refractivity contribution in [1.82, 2.24) is 29.6 Å². The second-order valence-electron chi connectivity index (χ2n) is 10.00. The van der Waals surface area contributed by atoms with E-state index in [0.29, 0.717) is 36.2 Å². The second kappa shape index (κ2) is 7.56. The van der Waals surface area contributed by atoms with Gasteiger partial charge in [-0.25, -0.2) is 9.47 Å². The fourth-order valence-corrected chi connectivity index (χ4v) is 5.51. The number of quaternary nitrogens is 1. The molecule has 0 spiro atoms. The molecule has 0 bridgehead atoms. The number of halogens is 1. The standard InChI is InChI=1S/C24H27FN8O/c1-24(9-10-24)18-12-20(32-31-18)29-22-15-4-2-5-16(15)28-23(30-22)33(11-3-6-17(33)21(26)34)14-7-8-19(25)27-13-14/h7-8,12-13,17H,2-6,9-11H2,1H3,(H3-,26,28,29,30,31,32,34)/p+1. The van der Waals surface area contributed by atoms with Crippen LogP contribution in [-0.2, 0) is 23.1 Å². The van der Waals surface area contributed by atoms with Crippen molar-refractivity contribution >= 4 is 29.2 Å². The first-order valence-corrected chi connectivity index (χ1v) is 11.9. The fourth-order valence-electron chi connectivity index (χ4n) is 5.51. The molecule has 2 unspecified atom stereocenters. The number of carbonyl (C=O) groups excluding carboxylic acids is 1. The van der Waals surface area contributed by atoms with Gasteiger partial charge in [-0.15, -0.1) is 0 Å². The average Bonchev–Trinajstić information content (AvgIpc) is 3.26. The fraction of sp³-hybridized carbons (Fsp3) is 0.458. The van der Waals surface area contributed by atoms with Gasteiger partial charge in [0, 0.05) is 41.6 Å². The minimum atomic E-state index is -0.576. The number of carbonyl (C=O) groups is 1. The third-order valence-corrected chi connectivity index (χ3v) is 7.77. The van der Waals surface area contributed by atoms with Crippen molar-refractivity contribution in [3.63, 3.8) is 0 Å². The largest absolute Gasteiger partial charge is 0.364 e. The summed E-state index contributed by atoms with van der Waals surface area (Å²) in [7, 11) is 0. The summed E-state index contributed by atoms with van der Waals surface area (Å²) in [5.41, 5.74) is 9.88. The molecule has 6 rings (SSSR count). The number of anilines is 2. The third-order valence-electron chi connectivity index (χ3n) is 7.77. The summed E-state index contributed by atoms with van der Waals surface area (Å²) in [6.07, 6.45) is 7.87. The number of rotatable bonds is 6. The van der Waals surface area contributed by atoms with Gasteiger partial charge < -0.3 is 11.1 Å². The van der Waals surface area contributed by atoms with Crippen molar-refractivity contribution in [3.8, 4) is 0 Å². The molecule has 2 aliphatic carbocycles. The van der Waals surface area contributed by atoms with Crippen LogP contribution < -0.4 is 15.5 Å². The number of aromatic amines is 1. The van der Waals surface area contributed by atoms with Crippen molar-refractivity contribution in [2.45, 2.75) is 63.3 Å². The molecule has 4 heterocycles. The lowest BCUT2D eigenvalue weighted by Gasteiger charge is -2.35. The predicted octanol–water partition coefficient (Wildman–Crippen LogP) is 3.30. The molecule has 176 valence electrons. The van der Waals surface area contributed by atoms with Gasteiger partial charge in [-0.1, -0.05) is 6.92 Å². The quantitative estimate of drug-likeness (QED) is 0.381. The maximum Gasteiger partial charge on any atom is 0.337 e. The molecular formula is C24H28FN8O+. The van der Waals surface area contributed by atoms with Crippen molar-refractivity contribution in [2.75, 3.05) is 11.9 Å². The first-order valence-electron chi connectivity index (χ1n) is 11.9. The SMILES string of the molecule is CC1(c2cc(Nc3nc([N+]4(c5ccc(F)nc5)CCCC4C(N)=O)nc4c3CCC4)n[nH]2)CC1. The van der Waals surface area contributed by atoms with Crippen LogP contribution in [0, 0.1) is 5.95 Å². The van der Waals surface area contributed by atoms with Gasteiger partial charge in [0.2, 0.25) is 5.95 Å². The van der Waals surface area contributed by atoms with Crippen molar-refractivity contribution in [2.24, 2.45) is 5.73 Å². The maximum atomic E-state index is 13.7. The highest BCUT2D eigenvalue weighted by atomic mass is 19.1. The van der Waals surface area contributed by atoms with Crippen molar-refractivity contribution in [1.29, 1.82) is 0 Å². The number of nitrogens with one attached hydrogen (secondary N) is 2. The van der Waals surface area contributed by atoms with Gasteiger partial charge in [0.1, 0.15) is 5.82 Å². The monoisotopic (exact) mass is 463 g/mol. The highest BCUT2D eigenvalue weighted by Crippen LogP contribution is 2.47. The number of primary amides is 1. The molecule has 3 aliphatic rings. The summed E-state index contributed by atoms with van der Waals surface area (Å²) in [6, 6.07) is 4.46. The Hall–Kier alpha value is -3.40. The van der Waals surface area contributed by atoms with Crippen LogP contribution in [0.5, 0.6) is 0 Å². The molecule has 2 atom stereocenters. The minimum Gasteiger partial charge on any atom is -0.364 e. The zero-order valence-corrected chi connectivity index (χ0v) is 19.1. The highest BCUT2D eigenvalue weighted by Gasteiger charge is 2.52. The van der Waals surface area contributed by atoms with Gasteiger partial charge in [0.15, 0.2) is 17.5 Å². The van der Waals surface area contributed by atoms with Crippen LogP contribution in [0.3, 0.4) is 0 Å². The highest BCUT2D eigenvalue weighted by molar-refractivity contribution is 5.84. The molecule has 10 heteroatoms. The summed E-state index contributed by atoms with van der Waals surface area (Å²) in [5, 5.41) is 11.0. The van der Waals surface area contributed by atoms with E-state index >= 15 is 0 Å². The zero-order valence-electron chi connectivity index (χ0n) is 19.1. The van der Waals surface area contributed by atoms with E-state index in [1.54, 1.807) is 6.07 Å². The Morgan fingerprint density at radius 2 is 2.12 bits per heavy atom. The Morgan fingerprint density at radius 3 is 2.85 bits per heavy atom. The Balaban J connectivity index is 1.47. The molecule has 1 amide bonds. The Kier molecular flexibility index (Phi) is 4.70. The topological polar surface area (TPSA) is 122 Å². The van der Waals surface area contributed by atoms with Crippen LogP contribution >= 0.6 is 0 Å². The van der Waals surface area contributed by atoms with Gasteiger partial charge >= 0.3 is 5.95 Å². The third kappa shape index (κ3) is 3.27. The van der Waals surface area contributed by atoms with E-state index in [4.69, 9.17) is 15.7 Å². The van der Waals surface area contributed by atoms with Gasteiger partial charge in [-0.05, 0) is 38.2 Å². The van der Waals surface area contributed by atoms with Crippen LogP contribution in [-0.4, -0.2) is 43.6 Å². The van der Waals surface area contributed by atoms with Crippen LogP contribution in [0.15, 0.2) is 24.4 Å². The number of hydrogen-bond donors (Lipinski definition) is 3. The van der Waals surface area contributed by atoms with E-state index in [9.17, 15) is 9.18 Å². The van der Waals surface area contributed by atoms with Crippen LogP contribution in [0.1, 0.15) is 56.0 Å². The summed E-state index contributed by atoms with van der Waals surface area (Å²) in [4.78, 5) is 26.4. The number of amides is 1. The molecule has 34 heavy (non-hydrogen) atoms. The number of aromatic nitrogens is 5. The Labute approximate surface area is 196 Å². The molecule has 0 radical (unpaired) electrons. The Morgan fingerprint density at radius 1 is 1.26 bits per heavy atom. The molecular weight excluding hydrogens is 435 g/mol. The van der Waals surface area contributed by atoms with Crippen molar-refractivity contribution in [3.05, 3.63) is 47.3 Å². The first-order chi connectivity index (χ1) is 16.4. The van der Waals surface area contributed by atoms with Gasteiger partial charge in [-0.3, -0.25) is 9.89 Å². The second-order valence-corrected chi connectivity index (χ2v) is 10.00. The number of fused-ring (bicyclic) bond motifs is 1. The van der Waals surface area contributed by atoms with E-state index in [0.717, 1.165) is 55.5 Å². The number of pyridine rings is 1. The van der Waals surface area contributed by atoms with E-state index in [1.807, 2.05) is 6.07 Å². The molecule has 4 N–H and O–H groups in total.